The van der Waals surface area contributed by atoms with Crippen molar-refractivity contribution in [1.29, 1.82) is 0 Å². The fourth-order valence-corrected chi connectivity index (χ4v) is 3.11. The summed E-state index contributed by atoms with van der Waals surface area (Å²) in [5.74, 6) is 0.0353. The molecule has 1 aromatic rings. The van der Waals surface area contributed by atoms with Gasteiger partial charge in [0.1, 0.15) is 5.76 Å². The standard InChI is InChI=1S/C20H27NO3/c1-4-24-11-10-21-14-16-18(22)13-20(2,3)17(19(16)23)12-15-8-6-5-7-9-15/h5-9,14,17,23H,4,10-13H2,1-3H3. The number of aliphatic hydroxyl groups excluding tert-OH is 1. The van der Waals surface area contributed by atoms with Crippen LogP contribution in [0.25, 0.3) is 0 Å². The normalized spacial score (nSPS) is 20.8. The van der Waals surface area contributed by atoms with Gasteiger partial charge in [-0.2, -0.15) is 0 Å². The molecule has 0 spiro atoms. The topological polar surface area (TPSA) is 58.9 Å². The van der Waals surface area contributed by atoms with Crippen molar-refractivity contribution in [3.8, 4) is 0 Å². The lowest BCUT2D eigenvalue weighted by atomic mass is 9.66. The summed E-state index contributed by atoms with van der Waals surface area (Å²) in [5, 5.41) is 10.7. The van der Waals surface area contributed by atoms with Gasteiger partial charge >= 0.3 is 0 Å². The van der Waals surface area contributed by atoms with Crippen LogP contribution < -0.4 is 0 Å². The van der Waals surface area contributed by atoms with Crippen LogP contribution in [-0.4, -0.2) is 36.9 Å². The van der Waals surface area contributed by atoms with Crippen molar-refractivity contribution in [3.63, 3.8) is 0 Å². The highest BCUT2D eigenvalue weighted by atomic mass is 16.5. The van der Waals surface area contributed by atoms with Crippen molar-refractivity contribution < 1.29 is 14.6 Å². The second kappa shape index (κ2) is 8.25. The van der Waals surface area contributed by atoms with E-state index < -0.39 is 0 Å². The molecule has 0 fully saturated rings. The highest BCUT2D eigenvalue weighted by Crippen LogP contribution is 2.42. The fourth-order valence-electron chi connectivity index (χ4n) is 3.11. The predicted molar refractivity (Wildman–Crippen MR) is 96.5 cm³/mol. The van der Waals surface area contributed by atoms with Crippen LogP contribution in [0.3, 0.4) is 0 Å². The van der Waals surface area contributed by atoms with Crippen LogP contribution in [0.2, 0.25) is 0 Å². The monoisotopic (exact) mass is 329 g/mol. The molecule has 1 aromatic carbocycles. The summed E-state index contributed by atoms with van der Waals surface area (Å²) in [5.41, 5.74) is 1.23. The van der Waals surface area contributed by atoms with E-state index in [4.69, 9.17) is 4.74 Å². The van der Waals surface area contributed by atoms with Gasteiger partial charge in [0, 0.05) is 25.2 Å². The number of hydrogen-bond donors (Lipinski definition) is 1. The van der Waals surface area contributed by atoms with Crippen molar-refractivity contribution >= 4 is 12.0 Å². The lowest BCUT2D eigenvalue weighted by molar-refractivity contribution is -0.119. The van der Waals surface area contributed by atoms with Crippen molar-refractivity contribution in [2.24, 2.45) is 16.3 Å². The third-order valence-electron chi connectivity index (χ3n) is 4.54. The summed E-state index contributed by atoms with van der Waals surface area (Å²) in [6.45, 7) is 7.67. The number of hydrogen-bond acceptors (Lipinski definition) is 4. The maximum absolute atomic E-state index is 12.4. The summed E-state index contributed by atoms with van der Waals surface area (Å²) in [6, 6.07) is 10.1. The Morgan fingerprint density at radius 3 is 2.71 bits per heavy atom. The number of aliphatic hydroxyl groups is 1. The molecule has 0 bridgehead atoms. The first-order valence-corrected chi connectivity index (χ1v) is 8.53. The van der Waals surface area contributed by atoms with Crippen LogP contribution in [0.1, 0.15) is 32.8 Å². The minimum absolute atomic E-state index is 0.0398. The summed E-state index contributed by atoms with van der Waals surface area (Å²) in [6.07, 6.45) is 2.65. The molecule has 1 unspecified atom stereocenters. The zero-order chi connectivity index (χ0) is 17.6. The van der Waals surface area contributed by atoms with Gasteiger partial charge in [-0.15, -0.1) is 0 Å². The number of ether oxygens (including phenoxy) is 1. The molecule has 0 saturated carbocycles. The second-order valence-corrected chi connectivity index (χ2v) is 6.86. The maximum atomic E-state index is 12.4. The zero-order valence-electron chi connectivity index (χ0n) is 14.8. The third kappa shape index (κ3) is 4.54. The average Bonchev–Trinajstić information content (AvgIpc) is 2.54. The first-order valence-electron chi connectivity index (χ1n) is 8.53. The molecule has 0 amide bonds. The van der Waals surface area contributed by atoms with E-state index in [2.05, 4.69) is 17.1 Å². The number of benzene rings is 1. The first-order chi connectivity index (χ1) is 11.5. The second-order valence-electron chi connectivity index (χ2n) is 6.86. The Hall–Kier alpha value is -1.94. The van der Waals surface area contributed by atoms with Crippen LogP contribution >= 0.6 is 0 Å². The molecule has 0 radical (unpaired) electrons. The zero-order valence-corrected chi connectivity index (χ0v) is 14.8. The third-order valence-corrected chi connectivity index (χ3v) is 4.54. The number of aliphatic imine (C=N–C) groups is 1. The Morgan fingerprint density at radius 1 is 1.33 bits per heavy atom. The molecule has 130 valence electrons. The molecule has 0 saturated heterocycles. The van der Waals surface area contributed by atoms with Gasteiger partial charge in [0.15, 0.2) is 5.78 Å². The summed E-state index contributed by atoms with van der Waals surface area (Å²) in [7, 11) is 0. The van der Waals surface area contributed by atoms with Gasteiger partial charge in [-0.1, -0.05) is 44.2 Å². The molecule has 0 aromatic heterocycles. The largest absolute Gasteiger partial charge is 0.511 e. The number of carbonyl (C=O) groups is 1. The molecule has 1 aliphatic rings. The minimum atomic E-state index is -0.278. The lowest BCUT2D eigenvalue weighted by Crippen LogP contribution is -2.36. The average molecular weight is 329 g/mol. The van der Waals surface area contributed by atoms with E-state index in [9.17, 15) is 9.90 Å². The van der Waals surface area contributed by atoms with E-state index in [0.29, 0.717) is 38.2 Å². The Bertz CT molecular complexity index is 617. The molecule has 4 heteroatoms. The number of nitrogens with zero attached hydrogens (tertiary/aromatic N) is 1. The molecular formula is C20H27NO3. The van der Waals surface area contributed by atoms with Gasteiger partial charge in [-0.25, -0.2) is 0 Å². The van der Waals surface area contributed by atoms with Gasteiger partial charge in [-0.3, -0.25) is 9.79 Å². The molecular weight excluding hydrogens is 302 g/mol. The molecule has 24 heavy (non-hydrogen) atoms. The van der Waals surface area contributed by atoms with E-state index in [1.165, 1.54) is 6.21 Å². The Morgan fingerprint density at radius 2 is 2.04 bits per heavy atom. The van der Waals surface area contributed by atoms with Crippen molar-refractivity contribution in [2.75, 3.05) is 19.8 Å². The van der Waals surface area contributed by atoms with Crippen LogP contribution in [-0.2, 0) is 16.0 Å². The molecule has 0 aliphatic heterocycles. The minimum Gasteiger partial charge on any atom is -0.511 e. The van der Waals surface area contributed by atoms with Gasteiger partial charge < -0.3 is 9.84 Å². The molecule has 4 nitrogen and oxygen atoms in total. The van der Waals surface area contributed by atoms with E-state index in [0.717, 1.165) is 5.56 Å². The molecule has 1 atom stereocenters. The highest BCUT2D eigenvalue weighted by molar-refractivity contribution is 6.14. The number of Topliss-reactive ketones (excluding diaryl/α,β-unsaturated/α-hetero) is 1. The number of allylic oxidation sites excluding steroid dienone is 2. The van der Waals surface area contributed by atoms with E-state index >= 15 is 0 Å². The number of ketones is 1. The van der Waals surface area contributed by atoms with Crippen molar-refractivity contribution in [3.05, 3.63) is 47.2 Å². The van der Waals surface area contributed by atoms with E-state index in [1.807, 2.05) is 39.0 Å². The smallest absolute Gasteiger partial charge is 0.168 e. The molecule has 0 heterocycles. The highest BCUT2D eigenvalue weighted by Gasteiger charge is 2.41. The number of rotatable bonds is 7. The van der Waals surface area contributed by atoms with Crippen molar-refractivity contribution in [2.45, 2.75) is 33.6 Å². The van der Waals surface area contributed by atoms with Gasteiger partial charge in [0.05, 0.1) is 18.7 Å². The summed E-state index contributed by atoms with van der Waals surface area (Å²) < 4.78 is 5.23. The van der Waals surface area contributed by atoms with Gasteiger partial charge in [-0.05, 0) is 24.3 Å². The Kier molecular flexibility index (Phi) is 6.32. The fraction of sp³-hybridized carbons (Fsp3) is 0.500. The van der Waals surface area contributed by atoms with E-state index in [-0.39, 0.29) is 22.9 Å². The van der Waals surface area contributed by atoms with Gasteiger partial charge in [0.25, 0.3) is 0 Å². The van der Waals surface area contributed by atoms with Crippen LogP contribution in [0, 0.1) is 11.3 Å². The van der Waals surface area contributed by atoms with Crippen LogP contribution in [0.4, 0.5) is 0 Å². The van der Waals surface area contributed by atoms with Crippen LogP contribution in [0.5, 0.6) is 0 Å². The molecule has 2 rings (SSSR count). The first kappa shape index (κ1) is 18.4. The Labute approximate surface area is 144 Å². The molecule has 1 aliphatic carbocycles. The quantitative estimate of drug-likeness (QED) is 0.612. The van der Waals surface area contributed by atoms with E-state index in [1.54, 1.807) is 0 Å². The summed E-state index contributed by atoms with van der Waals surface area (Å²) in [4.78, 5) is 16.6. The van der Waals surface area contributed by atoms with Crippen molar-refractivity contribution in [1.82, 2.24) is 0 Å². The number of carbonyl (C=O) groups excluding carboxylic acids is 1. The van der Waals surface area contributed by atoms with Crippen LogP contribution in [0.15, 0.2) is 46.7 Å². The van der Waals surface area contributed by atoms with Gasteiger partial charge in [0.2, 0.25) is 0 Å². The predicted octanol–water partition coefficient (Wildman–Crippen LogP) is 3.76. The molecule has 1 N–H and O–H groups in total. The summed E-state index contributed by atoms with van der Waals surface area (Å²) >= 11 is 0. The Balaban J connectivity index is 2.21. The maximum Gasteiger partial charge on any atom is 0.168 e. The SMILES string of the molecule is CCOCCN=CC1=C(O)C(Cc2ccccc2)C(C)(C)CC1=O. The lowest BCUT2D eigenvalue weighted by Gasteiger charge is -2.38.